The van der Waals surface area contributed by atoms with E-state index in [1.54, 1.807) is 6.92 Å². The molecule has 8 nitrogen and oxygen atoms in total. The van der Waals surface area contributed by atoms with Crippen molar-refractivity contribution in [3.05, 3.63) is 29.3 Å². The molecule has 2 rings (SSSR count). The van der Waals surface area contributed by atoms with Gasteiger partial charge in [-0.3, -0.25) is 4.79 Å². The Morgan fingerprint density at radius 2 is 2.06 bits per heavy atom. The fourth-order valence-electron chi connectivity index (χ4n) is 3.37. The Morgan fingerprint density at radius 3 is 2.65 bits per heavy atom. The van der Waals surface area contributed by atoms with E-state index in [2.05, 4.69) is 5.32 Å². The molecule has 1 atom stereocenters. The fraction of sp³-hybridized carbons (Fsp3) is 0.579. The van der Waals surface area contributed by atoms with Gasteiger partial charge in [-0.15, -0.1) is 0 Å². The van der Waals surface area contributed by atoms with Crippen LogP contribution in [0.25, 0.3) is 0 Å². The van der Waals surface area contributed by atoms with Gasteiger partial charge in [0.1, 0.15) is 6.04 Å². The number of nitrogens with zero attached hydrogens (tertiary/aromatic N) is 3. The number of anilines is 1. The van der Waals surface area contributed by atoms with E-state index in [9.17, 15) is 26.4 Å². The Balaban J connectivity index is 2.40. The maximum Gasteiger partial charge on any atom is 0.417 e. The molecule has 0 spiro atoms. The van der Waals surface area contributed by atoms with E-state index in [4.69, 9.17) is 10.00 Å². The summed E-state index contributed by atoms with van der Waals surface area (Å²) in [6, 6.07) is 3.70. The van der Waals surface area contributed by atoms with Gasteiger partial charge in [-0.05, 0) is 24.6 Å². The number of carbonyl (C=O) groups excluding carboxylic acids is 1. The number of carbonyl (C=O) groups is 1. The molecule has 31 heavy (non-hydrogen) atoms. The van der Waals surface area contributed by atoms with Crippen LogP contribution in [0.4, 0.5) is 18.9 Å². The van der Waals surface area contributed by atoms with Gasteiger partial charge in [0.05, 0.1) is 29.6 Å². The van der Waals surface area contributed by atoms with Crippen molar-refractivity contribution >= 4 is 21.6 Å². The van der Waals surface area contributed by atoms with Crippen LogP contribution < -0.4 is 10.2 Å². The number of rotatable bonds is 8. The fourth-order valence-corrected chi connectivity index (χ4v) is 4.87. The number of ether oxygens (including phenoxy) is 1. The van der Waals surface area contributed by atoms with E-state index in [0.29, 0.717) is 6.42 Å². The average molecular weight is 462 g/mol. The summed E-state index contributed by atoms with van der Waals surface area (Å²) in [7, 11) is -2.14. The highest BCUT2D eigenvalue weighted by atomic mass is 32.2. The molecule has 0 radical (unpaired) electrons. The van der Waals surface area contributed by atoms with Gasteiger partial charge in [-0.1, -0.05) is 6.92 Å². The van der Waals surface area contributed by atoms with E-state index in [1.165, 1.54) is 28.5 Å². The lowest BCUT2D eigenvalue weighted by atomic mass is 10.0. The molecule has 1 saturated heterocycles. The summed E-state index contributed by atoms with van der Waals surface area (Å²) in [6.45, 7) is 1.98. The van der Waals surface area contributed by atoms with Crippen LogP contribution in [0.3, 0.4) is 0 Å². The molecule has 1 aliphatic heterocycles. The largest absolute Gasteiger partial charge is 0.417 e. The third kappa shape index (κ3) is 6.09. The zero-order valence-corrected chi connectivity index (χ0v) is 18.1. The van der Waals surface area contributed by atoms with Crippen LogP contribution in [0.2, 0.25) is 0 Å². The summed E-state index contributed by atoms with van der Waals surface area (Å²) in [5, 5.41) is 11.6. The number of nitriles is 1. The van der Waals surface area contributed by atoms with E-state index in [-0.39, 0.29) is 44.2 Å². The third-order valence-electron chi connectivity index (χ3n) is 4.87. The van der Waals surface area contributed by atoms with Gasteiger partial charge in [0, 0.05) is 39.0 Å². The molecule has 1 aliphatic rings. The normalized spacial score (nSPS) is 17.9. The van der Waals surface area contributed by atoms with Crippen LogP contribution in [-0.4, -0.2) is 70.3 Å². The lowest BCUT2D eigenvalue weighted by Gasteiger charge is -2.41. The maximum absolute atomic E-state index is 13.4. The predicted octanol–water partition coefficient (Wildman–Crippen LogP) is 1.57. The summed E-state index contributed by atoms with van der Waals surface area (Å²) in [5.74, 6) is -0.605. The lowest BCUT2D eigenvalue weighted by molar-refractivity contribution is -0.137. The van der Waals surface area contributed by atoms with Gasteiger partial charge in [-0.2, -0.15) is 22.7 Å². The summed E-state index contributed by atoms with van der Waals surface area (Å²) in [6.07, 6.45) is -4.35. The number of hydrogen-bond acceptors (Lipinski definition) is 6. The molecular weight excluding hydrogens is 437 g/mol. The molecule has 1 heterocycles. The smallest absolute Gasteiger partial charge is 0.383 e. The van der Waals surface area contributed by atoms with Crippen molar-refractivity contribution in [3.63, 3.8) is 0 Å². The molecule has 1 unspecified atom stereocenters. The Hall–Kier alpha value is -2.36. The molecule has 0 bridgehead atoms. The Bertz CT molecular complexity index is 931. The minimum absolute atomic E-state index is 0.0223. The number of benzene rings is 1. The molecular formula is C19H25F3N4O4S. The number of halogens is 3. The summed E-state index contributed by atoms with van der Waals surface area (Å²) < 4.78 is 71.3. The minimum Gasteiger partial charge on any atom is -0.383 e. The first-order valence-corrected chi connectivity index (χ1v) is 11.3. The first-order valence-electron chi connectivity index (χ1n) is 9.67. The second-order valence-corrected chi connectivity index (χ2v) is 9.09. The van der Waals surface area contributed by atoms with Gasteiger partial charge in [-0.25, -0.2) is 8.42 Å². The third-order valence-corrected chi connectivity index (χ3v) is 6.91. The second kappa shape index (κ2) is 10.3. The maximum atomic E-state index is 13.4. The van der Waals surface area contributed by atoms with Gasteiger partial charge in [0.25, 0.3) is 0 Å². The van der Waals surface area contributed by atoms with E-state index in [0.717, 1.165) is 12.1 Å². The Morgan fingerprint density at radius 1 is 1.35 bits per heavy atom. The van der Waals surface area contributed by atoms with Crippen LogP contribution in [0.15, 0.2) is 18.2 Å². The highest BCUT2D eigenvalue weighted by Gasteiger charge is 2.39. The topological polar surface area (TPSA) is 103 Å². The van der Waals surface area contributed by atoms with E-state index < -0.39 is 39.3 Å². The summed E-state index contributed by atoms with van der Waals surface area (Å²) in [5.41, 5.74) is -1.54. The summed E-state index contributed by atoms with van der Waals surface area (Å²) in [4.78, 5) is 14.2. The first kappa shape index (κ1) is 24.9. The molecule has 1 N–H and O–H groups in total. The molecule has 1 amide bonds. The lowest BCUT2D eigenvalue weighted by Crippen LogP contribution is -2.60. The zero-order valence-electron chi connectivity index (χ0n) is 17.3. The number of nitrogens with one attached hydrogen (secondary N) is 1. The molecule has 0 aromatic heterocycles. The number of amides is 1. The van der Waals surface area contributed by atoms with Crippen molar-refractivity contribution in [1.29, 1.82) is 5.26 Å². The molecule has 0 saturated carbocycles. The highest BCUT2D eigenvalue weighted by Crippen LogP contribution is 2.35. The van der Waals surface area contributed by atoms with Gasteiger partial charge in [0.2, 0.25) is 15.9 Å². The molecule has 12 heteroatoms. The average Bonchev–Trinajstić information content (AvgIpc) is 2.72. The summed E-state index contributed by atoms with van der Waals surface area (Å²) >= 11 is 0. The first-order chi connectivity index (χ1) is 14.5. The van der Waals surface area contributed by atoms with Crippen molar-refractivity contribution in [1.82, 2.24) is 9.62 Å². The standard InChI is InChI=1S/C19H25F3N4O4S/c1-3-10-31(28,29)25-7-8-26(17(13-25)18(27)24-6-9-30-2)15-5-4-14(12-23)16(11-15)19(20,21)22/h4-5,11,17H,3,6-10,13H2,1-2H3,(H,24,27). The number of sulfonamides is 1. The minimum atomic E-state index is -4.75. The SMILES string of the molecule is CCCS(=O)(=O)N1CCN(c2ccc(C#N)c(C(F)(F)F)c2)C(C(=O)NCCOC)C1. The van der Waals surface area contributed by atoms with E-state index >= 15 is 0 Å². The van der Waals surface area contributed by atoms with Crippen molar-refractivity contribution in [2.24, 2.45) is 0 Å². The monoisotopic (exact) mass is 462 g/mol. The number of alkyl halides is 3. The van der Waals surface area contributed by atoms with Crippen molar-refractivity contribution in [3.8, 4) is 6.07 Å². The molecule has 1 fully saturated rings. The van der Waals surface area contributed by atoms with Crippen LogP contribution >= 0.6 is 0 Å². The van der Waals surface area contributed by atoms with Crippen molar-refractivity contribution < 1.29 is 31.1 Å². The molecule has 172 valence electrons. The van der Waals surface area contributed by atoms with Gasteiger partial charge in [0.15, 0.2) is 0 Å². The molecule has 1 aromatic rings. The Kier molecular flexibility index (Phi) is 8.27. The second-order valence-electron chi connectivity index (χ2n) is 7.01. The molecule has 0 aliphatic carbocycles. The van der Waals surface area contributed by atoms with Crippen LogP contribution in [0.5, 0.6) is 0 Å². The van der Waals surface area contributed by atoms with Crippen LogP contribution in [0, 0.1) is 11.3 Å². The van der Waals surface area contributed by atoms with Crippen LogP contribution in [0.1, 0.15) is 24.5 Å². The van der Waals surface area contributed by atoms with E-state index in [1.807, 2.05) is 0 Å². The quantitative estimate of drug-likeness (QED) is 0.589. The molecule has 1 aromatic carbocycles. The predicted molar refractivity (Wildman–Crippen MR) is 108 cm³/mol. The Labute approximate surface area is 179 Å². The highest BCUT2D eigenvalue weighted by molar-refractivity contribution is 7.89. The van der Waals surface area contributed by atoms with Crippen LogP contribution in [-0.2, 0) is 25.7 Å². The van der Waals surface area contributed by atoms with Gasteiger partial charge < -0.3 is 15.0 Å². The van der Waals surface area contributed by atoms with Crippen molar-refractivity contribution in [2.45, 2.75) is 25.6 Å². The van der Waals surface area contributed by atoms with Crippen molar-refractivity contribution in [2.75, 3.05) is 50.5 Å². The number of piperazine rings is 1. The number of methoxy groups -OCH3 is 1. The zero-order chi connectivity index (χ0) is 23.2. The number of hydrogen-bond donors (Lipinski definition) is 1. The van der Waals surface area contributed by atoms with Gasteiger partial charge >= 0.3 is 6.18 Å².